The Morgan fingerprint density at radius 1 is 1.24 bits per heavy atom. The van der Waals surface area contributed by atoms with Crippen molar-refractivity contribution in [3.8, 4) is 0 Å². The Morgan fingerprint density at radius 3 is 2.76 bits per heavy atom. The van der Waals surface area contributed by atoms with Gasteiger partial charge in [-0.1, -0.05) is 0 Å². The molecule has 1 fully saturated rings. The van der Waals surface area contributed by atoms with Crippen LogP contribution in [0.5, 0.6) is 0 Å². The average molecular weight is 533 g/mol. The fourth-order valence-electron chi connectivity index (χ4n) is 4.88. The summed E-state index contributed by atoms with van der Waals surface area (Å²) in [6, 6.07) is 2.63. The van der Waals surface area contributed by atoms with Crippen LogP contribution in [0.2, 0.25) is 0 Å². The highest BCUT2D eigenvalue weighted by Gasteiger charge is 2.32. The van der Waals surface area contributed by atoms with Gasteiger partial charge in [-0.15, -0.1) is 0 Å². The summed E-state index contributed by atoms with van der Waals surface area (Å²) in [4.78, 5) is 33.0. The number of nitrogens with one attached hydrogen (secondary N) is 2. The van der Waals surface area contributed by atoms with Crippen LogP contribution in [0.1, 0.15) is 32.9 Å². The molecule has 0 spiro atoms. The van der Waals surface area contributed by atoms with E-state index < -0.39 is 11.9 Å². The van der Waals surface area contributed by atoms with Gasteiger partial charge in [-0.05, 0) is 46.6 Å². The number of aliphatic hydroxyl groups excluding tert-OH is 1. The first kappa shape index (κ1) is 23.2. The third kappa shape index (κ3) is 4.31. The summed E-state index contributed by atoms with van der Waals surface area (Å²) in [7, 11) is 0. The Labute approximate surface area is 204 Å². The number of fused-ring (bicyclic) bond motifs is 2. The average Bonchev–Trinajstić information content (AvgIpc) is 3.28. The first-order chi connectivity index (χ1) is 16.3. The van der Waals surface area contributed by atoms with Crippen molar-refractivity contribution in [2.24, 2.45) is 0 Å². The molecule has 3 aliphatic heterocycles. The number of aromatic nitrogens is 1. The van der Waals surface area contributed by atoms with E-state index in [1.807, 2.05) is 6.92 Å². The lowest BCUT2D eigenvalue weighted by molar-refractivity contribution is -0.110. The van der Waals surface area contributed by atoms with E-state index in [1.165, 1.54) is 12.1 Å². The third-order valence-electron chi connectivity index (χ3n) is 6.62. The second kappa shape index (κ2) is 9.26. The molecular weight excluding hydrogens is 507 g/mol. The third-order valence-corrected chi connectivity index (χ3v) is 7.25. The van der Waals surface area contributed by atoms with Gasteiger partial charge in [0.25, 0.3) is 11.8 Å². The molecule has 0 bridgehead atoms. The van der Waals surface area contributed by atoms with Crippen LogP contribution < -0.4 is 5.32 Å². The van der Waals surface area contributed by atoms with Crippen molar-refractivity contribution >= 4 is 45.1 Å². The monoisotopic (exact) mass is 532 g/mol. The SMILES string of the molecule is Cc1c(/C=C2\C(=O)Nc3c(Br)cc(F)cc32)[nH]c2c1C(=O)N(C[C@@H](O)CN1CCOCC1)CC2. The van der Waals surface area contributed by atoms with Crippen molar-refractivity contribution in [3.05, 3.63) is 50.5 Å². The summed E-state index contributed by atoms with van der Waals surface area (Å²) in [6.45, 7) is 5.98. The number of rotatable bonds is 5. The largest absolute Gasteiger partial charge is 0.390 e. The number of aliphatic hydroxyl groups is 1. The van der Waals surface area contributed by atoms with Crippen molar-refractivity contribution in [2.75, 3.05) is 51.3 Å². The maximum Gasteiger partial charge on any atom is 0.256 e. The number of hydrogen-bond acceptors (Lipinski definition) is 5. The molecule has 1 aromatic heterocycles. The molecule has 0 radical (unpaired) electrons. The number of aromatic amines is 1. The number of benzene rings is 1. The number of carbonyl (C=O) groups excluding carboxylic acids is 2. The standard InChI is InChI=1S/C24H26BrFN4O4/c1-13-20(10-17-16-8-14(26)9-18(25)22(16)28-23(17)32)27-19-2-3-30(24(33)21(13)19)12-15(31)11-29-4-6-34-7-5-29/h8-10,15,27,31H,2-7,11-12H2,1H3,(H,28,32)/b17-10-/t15-/m0/s1. The van der Waals surface area contributed by atoms with Gasteiger partial charge < -0.3 is 25.0 Å². The molecule has 34 heavy (non-hydrogen) atoms. The number of morpholine rings is 1. The van der Waals surface area contributed by atoms with E-state index in [0.29, 0.717) is 65.3 Å². The lowest BCUT2D eigenvalue weighted by Crippen LogP contribution is -2.47. The molecule has 4 heterocycles. The molecule has 3 aliphatic rings. The minimum absolute atomic E-state index is 0.134. The summed E-state index contributed by atoms with van der Waals surface area (Å²) in [5.74, 6) is -0.907. The van der Waals surface area contributed by atoms with Gasteiger partial charge in [0.2, 0.25) is 0 Å². The zero-order valence-corrected chi connectivity index (χ0v) is 20.4. The lowest BCUT2D eigenvalue weighted by atomic mass is 10.0. The second-order valence-electron chi connectivity index (χ2n) is 8.91. The Morgan fingerprint density at radius 2 is 2.00 bits per heavy atom. The predicted octanol–water partition coefficient (Wildman–Crippen LogP) is 2.41. The van der Waals surface area contributed by atoms with Gasteiger partial charge >= 0.3 is 0 Å². The van der Waals surface area contributed by atoms with E-state index in [1.54, 1.807) is 11.0 Å². The molecule has 0 unspecified atom stereocenters. The molecular formula is C24H26BrFN4O4. The van der Waals surface area contributed by atoms with Crippen LogP contribution in [-0.2, 0) is 16.0 Å². The molecule has 0 saturated carbocycles. The van der Waals surface area contributed by atoms with E-state index in [0.717, 1.165) is 24.3 Å². The van der Waals surface area contributed by atoms with E-state index in [2.05, 4.69) is 31.1 Å². The molecule has 180 valence electrons. The number of anilines is 1. The highest BCUT2D eigenvalue weighted by atomic mass is 79.9. The smallest absolute Gasteiger partial charge is 0.256 e. The summed E-state index contributed by atoms with van der Waals surface area (Å²) in [6.07, 6.45) is 1.65. The van der Waals surface area contributed by atoms with E-state index >= 15 is 0 Å². The zero-order valence-electron chi connectivity index (χ0n) is 18.8. The summed E-state index contributed by atoms with van der Waals surface area (Å²) in [5, 5.41) is 13.3. The number of halogens is 2. The Kier molecular flexibility index (Phi) is 6.32. The van der Waals surface area contributed by atoms with E-state index in [9.17, 15) is 19.1 Å². The summed E-state index contributed by atoms with van der Waals surface area (Å²) >= 11 is 3.30. The van der Waals surface area contributed by atoms with Crippen molar-refractivity contribution < 1.29 is 23.8 Å². The molecule has 1 aromatic carbocycles. The van der Waals surface area contributed by atoms with Gasteiger partial charge in [-0.25, -0.2) is 4.39 Å². The number of H-pyrrole nitrogens is 1. The van der Waals surface area contributed by atoms with Crippen LogP contribution in [0, 0.1) is 12.7 Å². The van der Waals surface area contributed by atoms with Crippen molar-refractivity contribution in [1.82, 2.24) is 14.8 Å². The fraction of sp³-hybridized carbons (Fsp3) is 0.417. The normalized spacial score (nSPS) is 20.5. The number of β-amino-alcohol motifs (C(OH)–C–C–N with tert-alkyl or cyclic N) is 1. The van der Waals surface area contributed by atoms with Crippen LogP contribution in [0.25, 0.3) is 11.6 Å². The number of nitrogens with zero attached hydrogens (tertiary/aromatic N) is 2. The molecule has 1 atom stereocenters. The number of hydrogen-bond donors (Lipinski definition) is 3. The highest BCUT2D eigenvalue weighted by Crippen LogP contribution is 2.39. The number of carbonyl (C=O) groups is 2. The van der Waals surface area contributed by atoms with Crippen LogP contribution in [0.15, 0.2) is 16.6 Å². The summed E-state index contributed by atoms with van der Waals surface area (Å²) in [5.41, 5.74) is 4.11. The fourth-order valence-corrected chi connectivity index (χ4v) is 5.41. The Hall–Kier alpha value is -2.53. The molecule has 1 saturated heterocycles. The van der Waals surface area contributed by atoms with Crippen molar-refractivity contribution in [2.45, 2.75) is 19.4 Å². The molecule has 5 rings (SSSR count). The quantitative estimate of drug-likeness (QED) is 0.513. The molecule has 10 heteroatoms. The molecule has 8 nitrogen and oxygen atoms in total. The Bertz CT molecular complexity index is 1190. The van der Waals surface area contributed by atoms with Gasteiger partial charge in [0.15, 0.2) is 0 Å². The van der Waals surface area contributed by atoms with Crippen LogP contribution in [-0.4, -0.2) is 83.7 Å². The molecule has 0 aliphatic carbocycles. The molecule has 3 N–H and O–H groups in total. The maximum atomic E-state index is 14.0. The second-order valence-corrected chi connectivity index (χ2v) is 9.76. The van der Waals surface area contributed by atoms with Gasteiger partial charge in [-0.2, -0.15) is 0 Å². The van der Waals surface area contributed by atoms with Gasteiger partial charge in [0.1, 0.15) is 5.82 Å². The van der Waals surface area contributed by atoms with Gasteiger partial charge in [0.05, 0.1) is 36.1 Å². The van der Waals surface area contributed by atoms with Crippen molar-refractivity contribution in [1.29, 1.82) is 0 Å². The number of amides is 2. The topological polar surface area (TPSA) is 97.9 Å². The van der Waals surface area contributed by atoms with Crippen molar-refractivity contribution in [3.63, 3.8) is 0 Å². The van der Waals surface area contributed by atoms with E-state index in [4.69, 9.17) is 4.74 Å². The first-order valence-electron chi connectivity index (χ1n) is 11.3. The van der Waals surface area contributed by atoms with Crippen LogP contribution in [0.4, 0.5) is 10.1 Å². The van der Waals surface area contributed by atoms with Crippen LogP contribution >= 0.6 is 15.9 Å². The van der Waals surface area contributed by atoms with Crippen LogP contribution in [0.3, 0.4) is 0 Å². The lowest BCUT2D eigenvalue weighted by Gasteiger charge is -2.32. The number of ether oxygens (including phenoxy) is 1. The molecule has 2 amide bonds. The predicted molar refractivity (Wildman–Crippen MR) is 129 cm³/mol. The van der Waals surface area contributed by atoms with Gasteiger partial charge in [0, 0.05) is 60.6 Å². The first-order valence-corrected chi connectivity index (χ1v) is 12.1. The maximum absolute atomic E-state index is 14.0. The highest BCUT2D eigenvalue weighted by molar-refractivity contribution is 9.10. The minimum Gasteiger partial charge on any atom is -0.390 e. The van der Waals surface area contributed by atoms with E-state index in [-0.39, 0.29) is 18.4 Å². The molecule has 2 aromatic rings. The minimum atomic E-state index is -0.642. The summed E-state index contributed by atoms with van der Waals surface area (Å²) < 4.78 is 19.8. The zero-order chi connectivity index (χ0) is 24.0. The Balaban J connectivity index is 1.37. The van der Waals surface area contributed by atoms with Gasteiger partial charge in [-0.3, -0.25) is 14.5 Å².